The van der Waals surface area contributed by atoms with Gasteiger partial charge in [-0.15, -0.1) is 11.6 Å². The maximum absolute atomic E-state index is 11.2. The van der Waals surface area contributed by atoms with E-state index in [1.54, 1.807) is 0 Å². The summed E-state index contributed by atoms with van der Waals surface area (Å²) >= 11 is 7.56. The number of hydrogen-bond donors (Lipinski definition) is 3. The summed E-state index contributed by atoms with van der Waals surface area (Å²) in [5, 5.41) is 24.4. The molecule has 2 aromatic rings. The van der Waals surface area contributed by atoms with E-state index in [-0.39, 0.29) is 17.4 Å². The van der Waals surface area contributed by atoms with Gasteiger partial charge in [0, 0.05) is 23.5 Å². The summed E-state index contributed by atoms with van der Waals surface area (Å²) in [7, 11) is 3.92. The number of anilines is 1. The summed E-state index contributed by atoms with van der Waals surface area (Å²) in [5.41, 5.74) is 8.24. The lowest BCUT2D eigenvalue weighted by Gasteiger charge is -2.61. The molecule has 7 rings (SSSR count). The molecule has 8 atom stereocenters. The molecule has 2 spiro atoms. The molecule has 7 heteroatoms. The van der Waals surface area contributed by atoms with E-state index in [2.05, 4.69) is 42.3 Å². The molecule has 3 fully saturated rings. The van der Waals surface area contributed by atoms with Crippen molar-refractivity contribution in [3.8, 4) is 0 Å². The van der Waals surface area contributed by atoms with Crippen molar-refractivity contribution >= 4 is 33.8 Å². The van der Waals surface area contributed by atoms with Crippen LogP contribution in [0, 0.1) is 11.3 Å². The van der Waals surface area contributed by atoms with Crippen molar-refractivity contribution in [2.75, 3.05) is 19.8 Å². The molecule has 2 saturated carbocycles. The first-order chi connectivity index (χ1) is 17.5. The number of aromatic nitrogens is 1. The Labute approximate surface area is 223 Å². The fraction of sp³-hybridized carbons (Fsp3) is 0.567. The standard InChI is InChI=1S/C30H36ClN3O3/c1-27-8-10-29(31)14-21-25(35)26(36)22(34(2)3)15-28(21)9-11-30(29,37-28)23(27)7-6-20(27)17-4-5-18-16-33-24(32)13-19(18)12-17/h4-6,12-14,16,22-23,25-26,35-36H,7-11,15H2,1-3H3,(H2,32,33). The van der Waals surface area contributed by atoms with E-state index >= 15 is 0 Å². The quantitative estimate of drug-likeness (QED) is 0.403. The summed E-state index contributed by atoms with van der Waals surface area (Å²) in [4.78, 5) is 5.56. The van der Waals surface area contributed by atoms with Crippen LogP contribution in [0.15, 0.2) is 48.2 Å². The fourth-order valence-corrected chi connectivity index (χ4v) is 9.23. The molecule has 8 unspecified atom stereocenters. The van der Waals surface area contributed by atoms with Crippen molar-refractivity contribution in [2.24, 2.45) is 11.3 Å². The lowest BCUT2D eigenvalue weighted by molar-refractivity contribution is -0.199. The highest BCUT2D eigenvalue weighted by Crippen LogP contribution is 2.71. The predicted molar refractivity (Wildman–Crippen MR) is 146 cm³/mol. The number of allylic oxidation sites excluding steroid dienone is 2. The Balaban J connectivity index is 1.30. The van der Waals surface area contributed by atoms with E-state index in [1.165, 1.54) is 11.1 Å². The van der Waals surface area contributed by atoms with Gasteiger partial charge in [0.2, 0.25) is 0 Å². The molecule has 3 heterocycles. The summed E-state index contributed by atoms with van der Waals surface area (Å²) in [5.74, 6) is 0.765. The zero-order chi connectivity index (χ0) is 26.0. The van der Waals surface area contributed by atoms with Gasteiger partial charge in [-0.25, -0.2) is 4.98 Å². The zero-order valence-electron chi connectivity index (χ0n) is 21.7. The van der Waals surface area contributed by atoms with E-state index < -0.39 is 28.3 Å². The SMILES string of the molecule is CN(C)C1CC23CCC4(O2)C2CC=C(c5ccc6cnc(N)cc6c5)C2(C)CCC4(Cl)C=C3C(O)C1O. The average molecular weight is 522 g/mol. The van der Waals surface area contributed by atoms with E-state index in [0.29, 0.717) is 12.2 Å². The molecule has 0 amide bonds. The largest absolute Gasteiger partial charge is 0.388 e. The molecule has 2 aliphatic heterocycles. The zero-order valence-corrected chi connectivity index (χ0v) is 22.5. The number of aliphatic hydroxyl groups is 2. The maximum atomic E-state index is 11.2. The van der Waals surface area contributed by atoms with E-state index in [0.717, 1.165) is 48.4 Å². The van der Waals surface area contributed by atoms with Crippen molar-refractivity contribution in [3.05, 3.63) is 53.8 Å². The second-order valence-corrected chi connectivity index (χ2v) is 13.3. The number of pyridine rings is 1. The third-order valence-electron chi connectivity index (χ3n) is 10.7. The van der Waals surface area contributed by atoms with Gasteiger partial charge >= 0.3 is 0 Å². The van der Waals surface area contributed by atoms with Gasteiger partial charge < -0.3 is 25.6 Å². The molecular weight excluding hydrogens is 486 g/mol. The van der Waals surface area contributed by atoms with Gasteiger partial charge in [0.25, 0.3) is 0 Å². The first kappa shape index (κ1) is 24.1. The monoisotopic (exact) mass is 521 g/mol. The summed E-state index contributed by atoms with van der Waals surface area (Å²) in [6.45, 7) is 2.39. The molecule has 1 saturated heterocycles. The van der Waals surface area contributed by atoms with E-state index in [1.807, 2.05) is 31.3 Å². The molecule has 37 heavy (non-hydrogen) atoms. The van der Waals surface area contributed by atoms with Gasteiger partial charge in [-0.3, -0.25) is 0 Å². The number of benzene rings is 1. The number of ether oxygens (including phenoxy) is 1. The van der Waals surface area contributed by atoms with Crippen LogP contribution in [0.2, 0.25) is 0 Å². The summed E-state index contributed by atoms with van der Waals surface area (Å²) in [6.07, 6.45) is 9.52. The van der Waals surface area contributed by atoms with Crippen LogP contribution in [0.1, 0.15) is 51.0 Å². The van der Waals surface area contributed by atoms with Crippen molar-refractivity contribution in [2.45, 2.75) is 79.8 Å². The first-order valence-electron chi connectivity index (χ1n) is 13.5. The molecule has 1 aromatic carbocycles. The van der Waals surface area contributed by atoms with Crippen LogP contribution < -0.4 is 5.73 Å². The Kier molecular flexibility index (Phi) is 4.94. The van der Waals surface area contributed by atoms with Crippen molar-refractivity contribution in [1.82, 2.24) is 9.88 Å². The summed E-state index contributed by atoms with van der Waals surface area (Å²) < 4.78 is 7.28. The molecule has 2 bridgehead atoms. The highest BCUT2D eigenvalue weighted by atomic mass is 35.5. The first-order valence-corrected chi connectivity index (χ1v) is 13.9. The number of aliphatic hydroxyl groups excluding tert-OH is 2. The molecule has 5 aliphatic rings. The number of alkyl halides is 1. The van der Waals surface area contributed by atoms with Gasteiger partial charge in [-0.1, -0.05) is 31.2 Å². The number of halogens is 1. The molecule has 4 N–H and O–H groups in total. The second-order valence-electron chi connectivity index (χ2n) is 12.6. The van der Waals surface area contributed by atoms with Crippen molar-refractivity contribution in [3.63, 3.8) is 0 Å². The number of nitrogens with two attached hydrogens (primary N) is 1. The van der Waals surface area contributed by atoms with Crippen LogP contribution in [0.5, 0.6) is 0 Å². The van der Waals surface area contributed by atoms with Crippen LogP contribution >= 0.6 is 11.6 Å². The van der Waals surface area contributed by atoms with Crippen LogP contribution in [0.25, 0.3) is 16.3 Å². The van der Waals surface area contributed by atoms with E-state index in [4.69, 9.17) is 22.1 Å². The lowest BCUT2D eigenvalue weighted by atomic mass is 9.54. The topological polar surface area (TPSA) is 91.8 Å². The average Bonchev–Trinajstić information content (AvgIpc) is 3.39. The second kappa shape index (κ2) is 7.57. The van der Waals surface area contributed by atoms with Crippen LogP contribution in [-0.4, -0.2) is 68.5 Å². The maximum Gasteiger partial charge on any atom is 0.123 e. The van der Waals surface area contributed by atoms with Gasteiger partial charge in [-0.05, 0) is 92.3 Å². The number of likely N-dealkylation sites (N-methyl/N-ethyl adjacent to an activating group) is 1. The van der Waals surface area contributed by atoms with Crippen LogP contribution in [0.3, 0.4) is 0 Å². The highest BCUT2D eigenvalue weighted by molar-refractivity contribution is 6.26. The minimum atomic E-state index is -0.960. The van der Waals surface area contributed by atoms with Gasteiger partial charge in [0.15, 0.2) is 0 Å². The molecule has 1 aromatic heterocycles. The molecular formula is C30H36ClN3O3. The number of nitrogen functional groups attached to an aromatic ring is 1. The molecule has 3 aliphatic carbocycles. The van der Waals surface area contributed by atoms with Crippen molar-refractivity contribution in [1.29, 1.82) is 0 Å². The Morgan fingerprint density at radius 1 is 1.11 bits per heavy atom. The number of rotatable bonds is 2. The van der Waals surface area contributed by atoms with Crippen LogP contribution in [0.4, 0.5) is 5.82 Å². The van der Waals surface area contributed by atoms with Gasteiger partial charge in [0.1, 0.15) is 11.9 Å². The fourth-order valence-electron chi connectivity index (χ4n) is 8.76. The molecule has 196 valence electrons. The van der Waals surface area contributed by atoms with Crippen LogP contribution in [-0.2, 0) is 4.74 Å². The van der Waals surface area contributed by atoms with E-state index in [9.17, 15) is 10.2 Å². The Morgan fingerprint density at radius 2 is 1.92 bits per heavy atom. The number of hydrogen-bond acceptors (Lipinski definition) is 6. The minimum absolute atomic E-state index is 0.0741. The Bertz CT molecular complexity index is 1380. The minimum Gasteiger partial charge on any atom is -0.388 e. The third kappa shape index (κ3) is 2.99. The predicted octanol–water partition coefficient (Wildman–Crippen LogP) is 4.28. The Morgan fingerprint density at radius 3 is 2.70 bits per heavy atom. The normalized spacial score (nSPS) is 44.3. The number of nitrogens with zero attached hydrogens (tertiary/aromatic N) is 2. The van der Waals surface area contributed by atoms with Gasteiger partial charge in [0.05, 0.1) is 22.2 Å². The molecule has 0 radical (unpaired) electrons. The van der Waals surface area contributed by atoms with Crippen molar-refractivity contribution < 1.29 is 14.9 Å². The number of fused-ring (bicyclic) bond motifs is 2. The highest BCUT2D eigenvalue weighted by Gasteiger charge is 2.73. The molecule has 6 nitrogen and oxygen atoms in total. The summed E-state index contributed by atoms with van der Waals surface area (Å²) in [6, 6.07) is 8.35. The van der Waals surface area contributed by atoms with Gasteiger partial charge in [-0.2, -0.15) is 0 Å². The third-order valence-corrected chi connectivity index (χ3v) is 11.3. The Hall–Kier alpha value is -1.96. The smallest absolute Gasteiger partial charge is 0.123 e. The lowest BCUT2D eigenvalue weighted by Crippen LogP contribution is -2.68.